The van der Waals surface area contributed by atoms with Gasteiger partial charge in [0.25, 0.3) is 0 Å². The first-order chi connectivity index (χ1) is 9.13. The number of rotatable bonds is 4. The maximum absolute atomic E-state index is 7.59. The predicted octanol–water partition coefficient (Wildman–Crippen LogP) is 2.17. The first-order valence-electron chi connectivity index (χ1n) is 7.01. The van der Waals surface area contributed by atoms with Gasteiger partial charge in [-0.25, -0.2) is 9.97 Å². The molecule has 1 aliphatic rings. The van der Waals surface area contributed by atoms with Crippen LogP contribution in [0.2, 0.25) is 0 Å². The van der Waals surface area contributed by atoms with Crippen LogP contribution in [0.4, 0.5) is 5.82 Å². The van der Waals surface area contributed by atoms with Gasteiger partial charge >= 0.3 is 0 Å². The van der Waals surface area contributed by atoms with Crippen molar-refractivity contribution in [2.45, 2.75) is 45.1 Å². The predicted molar refractivity (Wildman–Crippen MR) is 77.5 cm³/mol. The average Bonchev–Trinajstić information content (AvgIpc) is 2.46. The molecule has 0 aromatic carbocycles. The molecule has 0 radical (unpaired) electrons. The summed E-state index contributed by atoms with van der Waals surface area (Å²) >= 11 is 0. The molecule has 0 aliphatic heterocycles. The van der Waals surface area contributed by atoms with Gasteiger partial charge < -0.3 is 10.6 Å². The number of nitrogens with two attached hydrogens (primary N) is 1. The number of hydrogen-bond acceptors (Lipinski definition) is 4. The van der Waals surface area contributed by atoms with Crippen LogP contribution in [0.15, 0.2) is 12.4 Å². The van der Waals surface area contributed by atoms with Crippen LogP contribution in [0.5, 0.6) is 0 Å². The van der Waals surface area contributed by atoms with Gasteiger partial charge in [0.1, 0.15) is 11.5 Å². The summed E-state index contributed by atoms with van der Waals surface area (Å²) in [4.78, 5) is 10.7. The van der Waals surface area contributed by atoms with E-state index in [9.17, 15) is 0 Å². The lowest BCUT2D eigenvalue weighted by Gasteiger charge is -2.35. The monoisotopic (exact) mass is 261 g/mol. The Kier molecular flexibility index (Phi) is 4.35. The zero-order chi connectivity index (χ0) is 13.8. The Morgan fingerprint density at radius 3 is 2.53 bits per heavy atom. The van der Waals surface area contributed by atoms with Crippen molar-refractivity contribution >= 4 is 11.7 Å². The van der Waals surface area contributed by atoms with Gasteiger partial charge in [0.15, 0.2) is 5.82 Å². The Morgan fingerprint density at radius 1 is 1.32 bits per heavy atom. The maximum atomic E-state index is 7.59. The standard InChI is InChI=1S/C14H23N5/c1-3-10-4-6-11(7-5-10)19(2)14-12(13(15)16)17-8-9-18-14/h8-11H,3-7H2,1-2H3,(H3,15,16). The molecule has 1 saturated carbocycles. The average molecular weight is 261 g/mol. The summed E-state index contributed by atoms with van der Waals surface area (Å²) in [5.74, 6) is 1.59. The first-order valence-corrected chi connectivity index (χ1v) is 7.01. The van der Waals surface area contributed by atoms with E-state index in [1.165, 1.54) is 32.1 Å². The van der Waals surface area contributed by atoms with E-state index in [0.29, 0.717) is 11.7 Å². The van der Waals surface area contributed by atoms with Crippen molar-refractivity contribution in [2.24, 2.45) is 11.7 Å². The fourth-order valence-electron chi connectivity index (χ4n) is 2.89. The molecule has 1 aromatic rings. The minimum atomic E-state index is -0.0165. The Hall–Kier alpha value is -1.65. The third kappa shape index (κ3) is 3.03. The quantitative estimate of drug-likeness (QED) is 0.643. The van der Waals surface area contributed by atoms with Crippen molar-refractivity contribution in [3.8, 4) is 0 Å². The molecule has 2 rings (SSSR count). The molecule has 0 unspecified atom stereocenters. The summed E-state index contributed by atoms with van der Waals surface area (Å²) in [6, 6.07) is 0.484. The van der Waals surface area contributed by atoms with E-state index in [2.05, 4.69) is 21.8 Å². The first kappa shape index (κ1) is 13.8. The molecule has 1 aliphatic carbocycles. The molecule has 5 nitrogen and oxygen atoms in total. The largest absolute Gasteiger partial charge is 0.382 e. The van der Waals surface area contributed by atoms with E-state index in [1.807, 2.05) is 7.05 Å². The van der Waals surface area contributed by atoms with Crippen molar-refractivity contribution < 1.29 is 0 Å². The fourth-order valence-corrected chi connectivity index (χ4v) is 2.89. The molecule has 19 heavy (non-hydrogen) atoms. The number of anilines is 1. The second-order valence-electron chi connectivity index (χ2n) is 5.34. The van der Waals surface area contributed by atoms with Crippen molar-refractivity contribution in [3.05, 3.63) is 18.1 Å². The summed E-state index contributed by atoms with van der Waals surface area (Å²) in [5, 5.41) is 7.59. The highest BCUT2D eigenvalue weighted by Crippen LogP contribution is 2.31. The molecule has 1 aromatic heterocycles. The highest BCUT2D eigenvalue weighted by Gasteiger charge is 2.25. The summed E-state index contributed by atoms with van der Waals surface area (Å²) < 4.78 is 0. The van der Waals surface area contributed by atoms with E-state index in [0.717, 1.165) is 11.7 Å². The van der Waals surface area contributed by atoms with Crippen LogP contribution in [0, 0.1) is 11.3 Å². The second-order valence-corrected chi connectivity index (χ2v) is 5.34. The fraction of sp³-hybridized carbons (Fsp3) is 0.643. The Morgan fingerprint density at radius 2 is 1.95 bits per heavy atom. The van der Waals surface area contributed by atoms with E-state index >= 15 is 0 Å². The number of hydrogen-bond donors (Lipinski definition) is 2. The maximum Gasteiger partial charge on any atom is 0.158 e. The van der Waals surface area contributed by atoms with Gasteiger partial charge in [-0.2, -0.15) is 0 Å². The van der Waals surface area contributed by atoms with Gasteiger partial charge in [-0.3, -0.25) is 5.41 Å². The van der Waals surface area contributed by atoms with Gasteiger partial charge in [0, 0.05) is 25.5 Å². The van der Waals surface area contributed by atoms with Gasteiger partial charge in [-0.1, -0.05) is 13.3 Å². The zero-order valence-electron chi connectivity index (χ0n) is 11.8. The molecule has 0 atom stereocenters. The number of nitrogens with one attached hydrogen (secondary N) is 1. The third-order valence-electron chi connectivity index (χ3n) is 4.21. The van der Waals surface area contributed by atoms with Crippen molar-refractivity contribution in [3.63, 3.8) is 0 Å². The second kappa shape index (κ2) is 5.99. The molecule has 3 N–H and O–H groups in total. The normalized spacial score (nSPS) is 23.1. The lowest BCUT2D eigenvalue weighted by Crippen LogP contribution is -2.37. The van der Waals surface area contributed by atoms with Crippen LogP contribution in [-0.2, 0) is 0 Å². The van der Waals surface area contributed by atoms with Gasteiger partial charge in [-0.15, -0.1) is 0 Å². The summed E-state index contributed by atoms with van der Waals surface area (Å²) in [6.07, 6.45) is 9.45. The Balaban J connectivity index is 2.12. The van der Waals surface area contributed by atoms with Crippen LogP contribution < -0.4 is 10.6 Å². The number of nitrogen functional groups attached to an aromatic ring is 1. The molecule has 0 spiro atoms. The van der Waals surface area contributed by atoms with Gasteiger partial charge in [0.05, 0.1) is 0 Å². The number of aromatic nitrogens is 2. The van der Waals surface area contributed by atoms with Gasteiger partial charge in [0.2, 0.25) is 0 Å². The zero-order valence-corrected chi connectivity index (χ0v) is 11.8. The highest BCUT2D eigenvalue weighted by molar-refractivity contribution is 5.97. The molecular weight excluding hydrogens is 238 g/mol. The van der Waals surface area contributed by atoms with Crippen LogP contribution in [0.25, 0.3) is 0 Å². The number of nitrogens with zero attached hydrogens (tertiary/aromatic N) is 3. The van der Waals surface area contributed by atoms with E-state index < -0.39 is 0 Å². The van der Waals surface area contributed by atoms with Crippen LogP contribution in [0.1, 0.15) is 44.7 Å². The minimum Gasteiger partial charge on any atom is -0.382 e. The van der Waals surface area contributed by atoms with Crippen LogP contribution in [-0.4, -0.2) is 28.9 Å². The molecule has 5 heteroatoms. The smallest absolute Gasteiger partial charge is 0.158 e. The Labute approximate surface area is 114 Å². The molecule has 0 amide bonds. The topological polar surface area (TPSA) is 78.9 Å². The summed E-state index contributed by atoms with van der Waals surface area (Å²) in [7, 11) is 2.04. The molecule has 0 bridgehead atoms. The highest BCUT2D eigenvalue weighted by atomic mass is 15.2. The van der Waals surface area contributed by atoms with E-state index in [1.54, 1.807) is 12.4 Å². The molecular formula is C14H23N5. The molecule has 1 heterocycles. The lowest BCUT2D eigenvalue weighted by molar-refractivity contribution is 0.313. The van der Waals surface area contributed by atoms with Crippen molar-refractivity contribution in [1.29, 1.82) is 5.41 Å². The third-order valence-corrected chi connectivity index (χ3v) is 4.21. The van der Waals surface area contributed by atoms with E-state index in [-0.39, 0.29) is 5.84 Å². The van der Waals surface area contributed by atoms with Crippen LogP contribution in [0.3, 0.4) is 0 Å². The minimum absolute atomic E-state index is 0.0165. The summed E-state index contributed by atoms with van der Waals surface area (Å²) in [5.41, 5.74) is 6.07. The van der Waals surface area contributed by atoms with Gasteiger partial charge in [-0.05, 0) is 31.6 Å². The Bertz CT molecular complexity index is 437. The summed E-state index contributed by atoms with van der Waals surface area (Å²) in [6.45, 7) is 2.27. The van der Waals surface area contributed by atoms with Crippen molar-refractivity contribution in [1.82, 2.24) is 9.97 Å². The number of amidine groups is 1. The molecule has 0 saturated heterocycles. The van der Waals surface area contributed by atoms with Crippen molar-refractivity contribution in [2.75, 3.05) is 11.9 Å². The molecule has 1 fully saturated rings. The van der Waals surface area contributed by atoms with Crippen LogP contribution >= 0.6 is 0 Å². The lowest BCUT2D eigenvalue weighted by atomic mass is 9.84. The van der Waals surface area contributed by atoms with E-state index in [4.69, 9.17) is 11.1 Å². The molecule has 104 valence electrons. The SMILES string of the molecule is CCC1CCC(N(C)c2nccnc2C(=N)N)CC1.